The van der Waals surface area contributed by atoms with Crippen molar-refractivity contribution in [3.05, 3.63) is 29.8 Å². The van der Waals surface area contributed by atoms with Crippen molar-refractivity contribution in [2.24, 2.45) is 0 Å². The van der Waals surface area contributed by atoms with Gasteiger partial charge in [0.25, 0.3) is 0 Å². The van der Waals surface area contributed by atoms with Gasteiger partial charge in [0.05, 0.1) is 13.2 Å². The van der Waals surface area contributed by atoms with Crippen molar-refractivity contribution in [1.82, 2.24) is 5.32 Å². The van der Waals surface area contributed by atoms with Gasteiger partial charge in [-0.1, -0.05) is 18.2 Å². The Kier molecular flexibility index (Phi) is 5.88. The van der Waals surface area contributed by atoms with E-state index in [0.717, 1.165) is 13.0 Å². The van der Waals surface area contributed by atoms with Crippen LogP contribution < -0.4 is 10.2 Å². The zero-order valence-corrected chi connectivity index (χ0v) is 14.6. The maximum Gasteiger partial charge on any atom is 0.407 e. The van der Waals surface area contributed by atoms with E-state index < -0.39 is 11.7 Å². The number of rotatable bonds is 6. The van der Waals surface area contributed by atoms with E-state index in [2.05, 4.69) is 41.4 Å². The van der Waals surface area contributed by atoms with Crippen LogP contribution in [0.4, 0.5) is 10.5 Å². The van der Waals surface area contributed by atoms with Gasteiger partial charge in [0.15, 0.2) is 0 Å². The Labute approximate surface area is 139 Å². The van der Waals surface area contributed by atoms with Gasteiger partial charge in [0.1, 0.15) is 5.60 Å². The van der Waals surface area contributed by atoms with Crippen LogP contribution >= 0.6 is 0 Å². The number of amides is 1. The molecule has 1 aromatic carbocycles. The number of ether oxygens (including phenoxy) is 2. The van der Waals surface area contributed by atoms with Crippen LogP contribution in [0.1, 0.15) is 33.3 Å². The highest BCUT2D eigenvalue weighted by atomic mass is 16.6. The number of hydrogen-bond donors (Lipinski definition) is 1. The average Bonchev–Trinajstić information content (AvgIpc) is 2.76. The third-order valence-corrected chi connectivity index (χ3v) is 3.74. The molecule has 1 aromatic rings. The Hall–Kier alpha value is -1.75. The minimum absolute atomic E-state index is 0.400. The van der Waals surface area contributed by atoms with Gasteiger partial charge < -0.3 is 19.7 Å². The minimum Gasteiger partial charge on any atom is -0.444 e. The third-order valence-electron chi connectivity index (χ3n) is 3.74. The molecular weight excluding hydrogens is 292 g/mol. The molecule has 1 amide bonds. The molecule has 0 spiro atoms. The molecule has 0 bridgehead atoms. The number of nitrogens with zero attached hydrogens (tertiary/aromatic N) is 1. The second-order valence-electron chi connectivity index (χ2n) is 6.92. The Morgan fingerprint density at radius 3 is 2.78 bits per heavy atom. The fourth-order valence-corrected chi connectivity index (χ4v) is 2.77. The molecule has 1 heterocycles. The number of nitrogens with one attached hydrogen (secondary N) is 1. The highest BCUT2D eigenvalue weighted by molar-refractivity contribution is 5.67. The van der Waals surface area contributed by atoms with Gasteiger partial charge >= 0.3 is 6.09 Å². The first kappa shape index (κ1) is 17.6. The summed E-state index contributed by atoms with van der Waals surface area (Å²) < 4.78 is 10.8. The Bertz CT molecular complexity index is 525. The van der Waals surface area contributed by atoms with Crippen molar-refractivity contribution in [1.29, 1.82) is 0 Å². The standard InChI is InChI=1S/C18H28N2O3/c1-14-13-15-7-5-6-8-16(15)20(14)10-12-22-11-9-19-17(21)23-18(2,3)4/h5-8,14H,9-13H2,1-4H3,(H,19,21). The smallest absolute Gasteiger partial charge is 0.407 e. The molecule has 23 heavy (non-hydrogen) atoms. The number of carbonyl (C=O) groups excluding carboxylic acids is 1. The second kappa shape index (κ2) is 7.68. The van der Waals surface area contributed by atoms with Crippen LogP contribution in [0.2, 0.25) is 0 Å². The molecule has 0 saturated carbocycles. The quantitative estimate of drug-likeness (QED) is 0.819. The number of alkyl carbamates (subject to hydrolysis) is 1. The zero-order valence-electron chi connectivity index (χ0n) is 14.6. The molecule has 0 saturated heterocycles. The molecule has 5 nitrogen and oxygen atoms in total. The Balaban J connectivity index is 1.62. The molecule has 1 N–H and O–H groups in total. The SMILES string of the molecule is CC1Cc2ccccc2N1CCOCCNC(=O)OC(C)(C)C. The van der Waals surface area contributed by atoms with Crippen molar-refractivity contribution in [3.8, 4) is 0 Å². The summed E-state index contributed by atoms with van der Waals surface area (Å²) in [4.78, 5) is 13.9. The highest BCUT2D eigenvalue weighted by Gasteiger charge is 2.24. The summed E-state index contributed by atoms with van der Waals surface area (Å²) in [6, 6.07) is 9.04. The lowest BCUT2D eigenvalue weighted by molar-refractivity contribution is 0.0501. The van der Waals surface area contributed by atoms with Crippen LogP contribution in [0.5, 0.6) is 0 Å². The molecule has 128 valence electrons. The lowest BCUT2D eigenvalue weighted by Gasteiger charge is -2.24. The topological polar surface area (TPSA) is 50.8 Å². The van der Waals surface area contributed by atoms with Gasteiger partial charge in [-0.25, -0.2) is 4.79 Å². The van der Waals surface area contributed by atoms with Gasteiger partial charge in [-0.15, -0.1) is 0 Å². The van der Waals surface area contributed by atoms with Crippen LogP contribution in [0.3, 0.4) is 0 Å². The zero-order chi connectivity index (χ0) is 16.9. The minimum atomic E-state index is -0.468. The lowest BCUT2D eigenvalue weighted by atomic mass is 10.1. The monoisotopic (exact) mass is 320 g/mol. The molecule has 2 rings (SSSR count). The Morgan fingerprint density at radius 1 is 1.30 bits per heavy atom. The van der Waals surface area contributed by atoms with Gasteiger partial charge in [-0.2, -0.15) is 0 Å². The van der Waals surface area contributed by atoms with E-state index in [-0.39, 0.29) is 0 Å². The fraction of sp³-hybridized carbons (Fsp3) is 0.611. The maximum absolute atomic E-state index is 11.5. The van der Waals surface area contributed by atoms with Crippen molar-refractivity contribution in [2.75, 3.05) is 31.2 Å². The van der Waals surface area contributed by atoms with E-state index in [0.29, 0.717) is 25.8 Å². The number of fused-ring (bicyclic) bond motifs is 1. The largest absolute Gasteiger partial charge is 0.444 e. The van der Waals surface area contributed by atoms with Crippen LogP contribution in [0.15, 0.2) is 24.3 Å². The van der Waals surface area contributed by atoms with Crippen LogP contribution in [-0.4, -0.2) is 44.0 Å². The average molecular weight is 320 g/mol. The fourth-order valence-electron chi connectivity index (χ4n) is 2.77. The number of anilines is 1. The van der Waals surface area contributed by atoms with E-state index in [4.69, 9.17) is 9.47 Å². The first-order valence-electron chi connectivity index (χ1n) is 8.26. The maximum atomic E-state index is 11.5. The van der Waals surface area contributed by atoms with E-state index in [1.807, 2.05) is 20.8 Å². The molecular formula is C18H28N2O3. The van der Waals surface area contributed by atoms with E-state index >= 15 is 0 Å². The molecule has 1 aliphatic rings. The summed E-state index contributed by atoms with van der Waals surface area (Å²) in [5.41, 5.74) is 2.26. The molecule has 0 aromatic heterocycles. The molecule has 0 fully saturated rings. The summed E-state index contributed by atoms with van der Waals surface area (Å²) in [5, 5.41) is 2.69. The predicted molar refractivity (Wildman–Crippen MR) is 92.0 cm³/mol. The highest BCUT2D eigenvalue weighted by Crippen LogP contribution is 2.31. The summed E-state index contributed by atoms with van der Waals surface area (Å²) in [5.74, 6) is 0. The normalized spacial score (nSPS) is 17.0. The van der Waals surface area contributed by atoms with Crippen molar-refractivity contribution in [3.63, 3.8) is 0 Å². The van der Waals surface area contributed by atoms with E-state index in [9.17, 15) is 4.79 Å². The molecule has 0 aliphatic carbocycles. The number of hydrogen-bond acceptors (Lipinski definition) is 4. The van der Waals surface area contributed by atoms with Crippen LogP contribution in [0.25, 0.3) is 0 Å². The first-order chi connectivity index (χ1) is 10.9. The molecule has 1 aliphatic heterocycles. The summed E-state index contributed by atoms with van der Waals surface area (Å²) in [6.07, 6.45) is 0.694. The molecule has 0 radical (unpaired) electrons. The number of benzene rings is 1. The molecule has 1 unspecified atom stereocenters. The van der Waals surface area contributed by atoms with Crippen LogP contribution in [-0.2, 0) is 15.9 Å². The summed E-state index contributed by atoms with van der Waals surface area (Å²) in [6.45, 7) is 10.2. The van der Waals surface area contributed by atoms with Crippen molar-refractivity contribution >= 4 is 11.8 Å². The third kappa shape index (κ3) is 5.43. The van der Waals surface area contributed by atoms with Crippen molar-refractivity contribution in [2.45, 2.75) is 45.8 Å². The van der Waals surface area contributed by atoms with Gasteiger partial charge in [-0.3, -0.25) is 0 Å². The van der Waals surface area contributed by atoms with Gasteiger partial charge in [-0.05, 0) is 45.7 Å². The predicted octanol–water partition coefficient (Wildman–Crippen LogP) is 2.98. The summed E-state index contributed by atoms with van der Waals surface area (Å²) in [7, 11) is 0. The summed E-state index contributed by atoms with van der Waals surface area (Å²) >= 11 is 0. The van der Waals surface area contributed by atoms with Gasteiger partial charge in [0, 0.05) is 24.8 Å². The number of carbonyl (C=O) groups is 1. The van der Waals surface area contributed by atoms with E-state index in [1.54, 1.807) is 0 Å². The van der Waals surface area contributed by atoms with E-state index in [1.165, 1.54) is 11.3 Å². The van der Waals surface area contributed by atoms with Crippen molar-refractivity contribution < 1.29 is 14.3 Å². The number of para-hydroxylation sites is 1. The Morgan fingerprint density at radius 2 is 2.04 bits per heavy atom. The lowest BCUT2D eigenvalue weighted by Crippen LogP contribution is -2.35. The van der Waals surface area contributed by atoms with Gasteiger partial charge in [0.2, 0.25) is 0 Å². The molecule has 5 heteroatoms. The second-order valence-corrected chi connectivity index (χ2v) is 6.92. The van der Waals surface area contributed by atoms with Crippen LogP contribution in [0, 0.1) is 0 Å². The molecule has 1 atom stereocenters. The first-order valence-corrected chi connectivity index (χ1v) is 8.26.